The molecule has 5 heteroatoms. The van der Waals surface area contributed by atoms with Crippen LogP contribution in [0.2, 0.25) is 0 Å². The largest absolute Gasteiger partial charge is 0.326 e. The number of sulfonamides is 1. The fourth-order valence-electron chi connectivity index (χ4n) is 2.90. The molecule has 1 saturated carbocycles. The van der Waals surface area contributed by atoms with E-state index in [0.717, 1.165) is 30.4 Å². The summed E-state index contributed by atoms with van der Waals surface area (Å²) < 4.78 is 27.3. The van der Waals surface area contributed by atoms with Crippen LogP contribution in [0.3, 0.4) is 0 Å². The first kappa shape index (κ1) is 15.5. The van der Waals surface area contributed by atoms with Crippen molar-refractivity contribution in [1.29, 1.82) is 0 Å². The van der Waals surface area contributed by atoms with Crippen LogP contribution in [-0.4, -0.2) is 14.5 Å². The molecular weight excluding hydrogens is 272 g/mol. The second-order valence-electron chi connectivity index (χ2n) is 6.50. The van der Waals surface area contributed by atoms with Crippen molar-refractivity contribution in [3.8, 4) is 0 Å². The van der Waals surface area contributed by atoms with Crippen molar-refractivity contribution in [2.45, 2.75) is 51.4 Å². The highest BCUT2D eigenvalue weighted by atomic mass is 32.2. The van der Waals surface area contributed by atoms with E-state index < -0.39 is 10.0 Å². The highest BCUT2D eigenvalue weighted by Gasteiger charge is 2.33. The predicted octanol–water partition coefficient (Wildman–Crippen LogP) is 2.14. The lowest BCUT2D eigenvalue weighted by molar-refractivity contribution is 0.372. The van der Waals surface area contributed by atoms with E-state index in [2.05, 4.69) is 18.6 Å². The SMILES string of the molecule is CC1(C)CCC(NS(=O)(=O)Cc2cccc(CN)c2)C1. The minimum atomic E-state index is -3.28. The van der Waals surface area contributed by atoms with E-state index in [9.17, 15) is 8.42 Å². The summed E-state index contributed by atoms with van der Waals surface area (Å²) in [7, 11) is -3.28. The zero-order valence-electron chi connectivity index (χ0n) is 12.2. The fourth-order valence-corrected chi connectivity index (χ4v) is 4.31. The lowest BCUT2D eigenvalue weighted by atomic mass is 9.92. The molecule has 2 rings (SSSR count). The summed E-state index contributed by atoms with van der Waals surface area (Å²) in [5.74, 6) is 0.0256. The van der Waals surface area contributed by atoms with Crippen molar-refractivity contribution >= 4 is 10.0 Å². The molecule has 20 heavy (non-hydrogen) atoms. The van der Waals surface area contributed by atoms with E-state index in [4.69, 9.17) is 5.73 Å². The highest BCUT2D eigenvalue weighted by Crippen LogP contribution is 2.37. The van der Waals surface area contributed by atoms with Crippen molar-refractivity contribution in [1.82, 2.24) is 4.72 Å². The summed E-state index contributed by atoms with van der Waals surface area (Å²) in [5.41, 5.74) is 7.57. The van der Waals surface area contributed by atoms with Crippen LogP contribution in [0.5, 0.6) is 0 Å². The van der Waals surface area contributed by atoms with Crippen molar-refractivity contribution in [2.24, 2.45) is 11.1 Å². The van der Waals surface area contributed by atoms with E-state index in [-0.39, 0.29) is 17.2 Å². The molecule has 0 heterocycles. The molecule has 0 radical (unpaired) electrons. The standard InChI is InChI=1S/C15H24N2O2S/c1-15(2)7-6-14(9-15)17-20(18,19)11-13-5-3-4-12(8-13)10-16/h3-5,8,14,17H,6-7,9-11,16H2,1-2H3. The van der Waals surface area contributed by atoms with Gasteiger partial charge in [0.15, 0.2) is 0 Å². The normalized spacial score (nSPS) is 22.1. The lowest BCUT2D eigenvalue weighted by Crippen LogP contribution is -2.34. The maximum absolute atomic E-state index is 12.2. The minimum Gasteiger partial charge on any atom is -0.326 e. The van der Waals surface area contributed by atoms with Gasteiger partial charge in [0.1, 0.15) is 0 Å². The van der Waals surface area contributed by atoms with Gasteiger partial charge in [0.25, 0.3) is 0 Å². The Hall–Kier alpha value is -0.910. The lowest BCUT2D eigenvalue weighted by Gasteiger charge is -2.18. The van der Waals surface area contributed by atoms with Gasteiger partial charge < -0.3 is 5.73 Å². The third-order valence-corrected chi connectivity index (χ3v) is 5.30. The molecule has 0 aromatic heterocycles. The molecule has 1 aromatic carbocycles. The zero-order valence-corrected chi connectivity index (χ0v) is 13.0. The molecule has 1 aromatic rings. The van der Waals surface area contributed by atoms with Crippen molar-refractivity contribution in [2.75, 3.05) is 0 Å². The molecule has 0 aliphatic heterocycles. The van der Waals surface area contributed by atoms with Crippen LogP contribution in [0.4, 0.5) is 0 Å². The molecule has 1 aliphatic rings. The van der Waals surface area contributed by atoms with E-state index in [1.807, 2.05) is 24.3 Å². The number of nitrogens with one attached hydrogen (secondary N) is 1. The molecule has 0 amide bonds. The van der Waals surface area contributed by atoms with Crippen LogP contribution in [0.15, 0.2) is 24.3 Å². The van der Waals surface area contributed by atoms with Crippen LogP contribution in [0, 0.1) is 5.41 Å². The topological polar surface area (TPSA) is 72.2 Å². The minimum absolute atomic E-state index is 0.0256. The maximum atomic E-state index is 12.2. The summed E-state index contributed by atoms with van der Waals surface area (Å²) in [5, 5.41) is 0. The fraction of sp³-hybridized carbons (Fsp3) is 0.600. The average molecular weight is 296 g/mol. The Kier molecular flexibility index (Phi) is 4.52. The smallest absolute Gasteiger partial charge is 0.216 e. The Morgan fingerprint density at radius 1 is 1.35 bits per heavy atom. The number of hydrogen-bond acceptors (Lipinski definition) is 3. The second kappa shape index (κ2) is 5.84. The van der Waals surface area contributed by atoms with E-state index in [1.165, 1.54) is 0 Å². The van der Waals surface area contributed by atoms with Gasteiger partial charge in [-0.2, -0.15) is 0 Å². The Morgan fingerprint density at radius 3 is 2.65 bits per heavy atom. The molecule has 3 N–H and O–H groups in total. The Labute approximate surface area is 121 Å². The molecule has 1 fully saturated rings. The van der Waals surface area contributed by atoms with Gasteiger partial charge in [0, 0.05) is 12.6 Å². The van der Waals surface area contributed by atoms with Gasteiger partial charge in [-0.15, -0.1) is 0 Å². The Morgan fingerprint density at radius 2 is 2.05 bits per heavy atom. The van der Waals surface area contributed by atoms with Crippen molar-refractivity contribution in [3.63, 3.8) is 0 Å². The van der Waals surface area contributed by atoms with E-state index >= 15 is 0 Å². The second-order valence-corrected chi connectivity index (χ2v) is 8.26. The predicted molar refractivity (Wildman–Crippen MR) is 81.5 cm³/mol. The van der Waals surface area contributed by atoms with Gasteiger partial charge in [-0.3, -0.25) is 0 Å². The van der Waals surface area contributed by atoms with Crippen LogP contribution in [0.1, 0.15) is 44.2 Å². The first-order chi connectivity index (χ1) is 9.30. The van der Waals surface area contributed by atoms with E-state index in [1.54, 1.807) is 0 Å². The number of hydrogen-bond donors (Lipinski definition) is 2. The van der Waals surface area contributed by atoms with Crippen molar-refractivity contribution in [3.05, 3.63) is 35.4 Å². The number of nitrogens with two attached hydrogens (primary N) is 1. The molecular formula is C15H24N2O2S. The molecule has 0 saturated heterocycles. The van der Waals surface area contributed by atoms with Gasteiger partial charge in [-0.05, 0) is 35.8 Å². The molecule has 0 spiro atoms. The van der Waals surface area contributed by atoms with E-state index in [0.29, 0.717) is 6.54 Å². The molecule has 4 nitrogen and oxygen atoms in total. The molecule has 1 atom stereocenters. The zero-order chi connectivity index (χ0) is 14.8. The summed E-state index contributed by atoms with van der Waals surface area (Å²) in [6.07, 6.45) is 2.91. The third-order valence-electron chi connectivity index (χ3n) is 3.90. The van der Waals surface area contributed by atoms with Gasteiger partial charge >= 0.3 is 0 Å². The average Bonchev–Trinajstić information content (AvgIpc) is 2.67. The molecule has 112 valence electrons. The summed E-state index contributed by atoms with van der Waals surface area (Å²) in [6, 6.07) is 7.52. The third kappa shape index (κ3) is 4.30. The quantitative estimate of drug-likeness (QED) is 0.874. The monoisotopic (exact) mass is 296 g/mol. The summed E-state index contributed by atoms with van der Waals surface area (Å²) in [4.78, 5) is 0. The number of rotatable bonds is 5. The molecule has 1 unspecified atom stereocenters. The molecule has 1 aliphatic carbocycles. The Balaban J connectivity index is 2.00. The number of benzene rings is 1. The van der Waals surface area contributed by atoms with Gasteiger partial charge in [0.2, 0.25) is 10.0 Å². The van der Waals surface area contributed by atoms with Crippen LogP contribution in [0.25, 0.3) is 0 Å². The summed E-state index contributed by atoms with van der Waals surface area (Å²) in [6.45, 7) is 4.80. The van der Waals surface area contributed by atoms with Crippen LogP contribution >= 0.6 is 0 Å². The first-order valence-electron chi connectivity index (χ1n) is 7.08. The molecule has 0 bridgehead atoms. The van der Waals surface area contributed by atoms with Gasteiger partial charge in [-0.25, -0.2) is 13.1 Å². The van der Waals surface area contributed by atoms with Crippen LogP contribution in [-0.2, 0) is 22.3 Å². The maximum Gasteiger partial charge on any atom is 0.216 e. The highest BCUT2D eigenvalue weighted by molar-refractivity contribution is 7.88. The first-order valence-corrected chi connectivity index (χ1v) is 8.73. The van der Waals surface area contributed by atoms with Gasteiger partial charge in [0.05, 0.1) is 5.75 Å². The summed E-state index contributed by atoms with van der Waals surface area (Å²) >= 11 is 0. The van der Waals surface area contributed by atoms with Gasteiger partial charge in [-0.1, -0.05) is 38.1 Å². The Bertz CT molecular complexity index is 567. The van der Waals surface area contributed by atoms with Crippen LogP contribution < -0.4 is 10.5 Å². The van der Waals surface area contributed by atoms with Crippen molar-refractivity contribution < 1.29 is 8.42 Å².